The van der Waals surface area contributed by atoms with Crippen molar-refractivity contribution in [3.63, 3.8) is 0 Å². The molecule has 2 rings (SSSR count). The summed E-state index contributed by atoms with van der Waals surface area (Å²) in [4.78, 5) is 11.4. The van der Waals surface area contributed by atoms with Crippen LogP contribution in [0.3, 0.4) is 0 Å². The highest BCUT2D eigenvalue weighted by Crippen LogP contribution is 2.21. The molecule has 0 fully saturated rings. The minimum Gasteiger partial charge on any atom is -0.297 e. The van der Waals surface area contributed by atoms with E-state index in [9.17, 15) is 4.79 Å². The Hall–Kier alpha value is -1.42. The summed E-state index contributed by atoms with van der Waals surface area (Å²) in [5.74, 6) is 0. The van der Waals surface area contributed by atoms with Gasteiger partial charge in [0.25, 0.3) is 0 Å². The summed E-state index contributed by atoms with van der Waals surface area (Å²) in [6.07, 6.45) is 1.86. The van der Waals surface area contributed by atoms with Gasteiger partial charge in [-0.05, 0) is 31.9 Å². The third kappa shape index (κ3) is 1.69. The molecular weight excluding hydrogens is 220 g/mol. The van der Waals surface area contributed by atoms with Gasteiger partial charge >= 0.3 is 0 Å². The van der Waals surface area contributed by atoms with E-state index in [1.807, 2.05) is 23.1 Å². The van der Waals surface area contributed by atoms with Crippen molar-refractivity contribution in [2.45, 2.75) is 27.2 Å². The molecule has 0 bridgehead atoms. The topological polar surface area (TPSA) is 34.9 Å². The van der Waals surface area contributed by atoms with E-state index in [4.69, 9.17) is 0 Å². The first-order valence-corrected chi connectivity index (χ1v) is 6.14. The van der Waals surface area contributed by atoms with Crippen molar-refractivity contribution in [1.29, 1.82) is 0 Å². The molecule has 0 amide bonds. The van der Waals surface area contributed by atoms with Crippen molar-refractivity contribution in [3.05, 3.63) is 33.3 Å². The Labute approximate surface area is 98.7 Å². The molecule has 3 nitrogen and oxygen atoms in total. The first-order chi connectivity index (χ1) is 7.67. The van der Waals surface area contributed by atoms with Crippen molar-refractivity contribution >= 4 is 17.6 Å². The zero-order valence-corrected chi connectivity index (χ0v) is 10.5. The molecule has 2 heterocycles. The van der Waals surface area contributed by atoms with Crippen molar-refractivity contribution < 1.29 is 4.79 Å². The normalized spacial score (nSPS) is 10.7. The van der Waals surface area contributed by atoms with Crippen molar-refractivity contribution in [3.8, 4) is 5.69 Å². The predicted molar refractivity (Wildman–Crippen MR) is 65.7 cm³/mol. The highest BCUT2D eigenvalue weighted by molar-refractivity contribution is 7.12. The highest BCUT2D eigenvalue weighted by atomic mass is 32.1. The summed E-state index contributed by atoms with van der Waals surface area (Å²) < 4.78 is 1.91. The van der Waals surface area contributed by atoms with Gasteiger partial charge in [0.1, 0.15) is 0 Å². The molecule has 2 aromatic heterocycles. The van der Waals surface area contributed by atoms with Gasteiger partial charge in [0, 0.05) is 11.1 Å². The van der Waals surface area contributed by atoms with Gasteiger partial charge in [-0.1, -0.05) is 6.92 Å². The predicted octanol–water partition coefficient (Wildman–Crippen LogP) is 2.93. The van der Waals surface area contributed by atoms with Gasteiger partial charge in [-0.15, -0.1) is 11.3 Å². The zero-order valence-electron chi connectivity index (χ0n) is 9.65. The third-order valence-electron chi connectivity index (χ3n) is 2.76. The fourth-order valence-electron chi connectivity index (χ4n) is 1.95. The van der Waals surface area contributed by atoms with E-state index < -0.39 is 0 Å². The Morgan fingerprint density at radius 2 is 2.25 bits per heavy atom. The second kappa shape index (κ2) is 4.22. The summed E-state index contributed by atoms with van der Waals surface area (Å²) in [5.41, 5.74) is 4.50. The van der Waals surface area contributed by atoms with E-state index in [0.717, 1.165) is 34.7 Å². The van der Waals surface area contributed by atoms with Gasteiger partial charge < -0.3 is 0 Å². The Morgan fingerprint density at radius 3 is 2.75 bits per heavy atom. The second-order valence-electron chi connectivity index (χ2n) is 3.74. The van der Waals surface area contributed by atoms with Gasteiger partial charge in [0.15, 0.2) is 6.29 Å². The molecular formula is C12H14N2OS. The summed E-state index contributed by atoms with van der Waals surface area (Å²) >= 11 is 1.45. The monoisotopic (exact) mass is 234 g/mol. The van der Waals surface area contributed by atoms with Crippen LogP contribution >= 0.6 is 11.3 Å². The fraction of sp³-hybridized carbons (Fsp3) is 0.333. The maximum atomic E-state index is 10.6. The van der Waals surface area contributed by atoms with E-state index >= 15 is 0 Å². The Bertz CT molecular complexity index is 525. The van der Waals surface area contributed by atoms with Crippen LogP contribution in [0.15, 0.2) is 11.4 Å². The van der Waals surface area contributed by atoms with E-state index in [1.165, 1.54) is 16.9 Å². The molecule has 0 aliphatic carbocycles. The van der Waals surface area contributed by atoms with Crippen LogP contribution in [0.2, 0.25) is 0 Å². The van der Waals surface area contributed by atoms with Crippen LogP contribution in [0.1, 0.15) is 33.5 Å². The molecule has 0 saturated carbocycles. The molecule has 84 valence electrons. The summed E-state index contributed by atoms with van der Waals surface area (Å²) in [7, 11) is 0. The van der Waals surface area contributed by atoms with E-state index in [0.29, 0.717) is 0 Å². The van der Waals surface area contributed by atoms with Gasteiger partial charge in [0.2, 0.25) is 0 Å². The third-order valence-corrected chi connectivity index (χ3v) is 3.61. The molecule has 16 heavy (non-hydrogen) atoms. The summed E-state index contributed by atoms with van der Waals surface area (Å²) in [6, 6.07) is 1.87. The smallest absolute Gasteiger partial charge is 0.160 e. The molecule has 0 aliphatic rings. The van der Waals surface area contributed by atoms with E-state index in [-0.39, 0.29) is 0 Å². The number of aromatic nitrogens is 2. The van der Waals surface area contributed by atoms with Crippen molar-refractivity contribution in [2.24, 2.45) is 0 Å². The maximum Gasteiger partial charge on any atom is 0.160 e. The molecule has 0 unspecified atom stereocenters. The first kappa shape index (κ1) is 11.1. The molecule has 0 aromatic carbocycles. The number of hydrogen-bond donors (Lipinski definition) is 0. The largest absolute Gasteiger partial charge is 0.297 e. The molecule has 0 radical (unpaired) electrons. The average molecular weight is 234 g/mol. The lowest BCUT2D eigenvalue weighted by atomic mass is 10.1. The lowest BCUT2D eigenvalue weighted by molar-refractivity contribution is 0.112. The Balaban J connectivity index is 2.51. The SMILES string of the molecule is CCc1c(C)nn(-c2csc(C=O)c2)c1C. The van der Waals surface area contributed by atoms with Crippen molar-refractivity contribution in [1.82, 2.24) is 9.78 Å². The molecule has 0 saturated heterocycles. The quantitative estimate of drug-likeness (QED) is 0.765. The summed E-state index contributed by atoms with van der Waals surface area (Å²) in [5, 5.41) is 6.47. The van der Waals surface area contributed by atoms with Crippen LogP contribution in [0.25, 0.3) is 5.69 Å². The number of nitrogens with zero attached hydrogens (tertiary/aromatic N) is 2. The standard InChI is InChI=1S/C12H14N2OS/c1-4-12-8(2)13-14(9(12)3)10-5-11(6-15)16-7-10/h5-7H,4H2,1-3H3. The van der Waals surface area contributed by atoms with Crippen LogP contribution in [0.5, 0.6) is 0 Å². The minimum absolute atomic E-state index is 0.737. The number of aryl methyl sites for hydroxylation is 1. The molecule has 0 spiro atoms. The van der Waals surface area contributed by atoms with Gasteiger partial charge in [0.05, 0.1) is 16.3 Å². The molecule has 0 aliphatic heterocycles. The van der Waals surface area contributed by atoms with E-state index in [2.05, 4.69) is 18.9 Å². The van der Waals surface area contributed by atoms with Crippen LogP contribution in [-0.4, -0.2) is 16.1 Å². The number of aldehydes is 1. The minimum atomic E-state index is 0.737. The molecule has 0 N–H and O–H groups in total. The summed E-state index contributed by atoms with van der Waals surface area (Å²) in [6.45, 7) is 6.22. The second-order valence-corrected chi connectivity index (χ2v) is 4.68. The average Bonchev–Trinajstić information content (AvgIpc) is 2.83. The first-order valence-electron chi connectivity index (χ1n) is 5.26. The number of thiophene rings is 1. The van der Waals surface area contributed by atoms with Gasteiger partial charge in [-0.2, -0.15) is 5.10 Å². The van der Waals surface area contributed by atoms with Crippen LogP contribution in [0, 0.1) is 13.8 Å². The van der Waals surface area contributed by atoms with Crippen LogP contribution in [-0.2, 0) is 6.42 Å². The number of carbonyl (C=O) groups is 1. The lowest BCUT2D eigenvalue weighted by Crippen LogP contribution is -1.97. The highest BCUT2D eigenvalue weighted by Gasteiger charge is 2.11. The van der Waals surface area contributed by atoms with Crippen molar-refractivity contribution in [2.75, 3.05) is 0 Å². The zero-order chi connectivity index (χ0) is 11.7. The Morgan fingerprint density at radius 1 is 1.50 bits per heavy atom. The molecule has 4 heteroatoms. The number of carbonyl (C=O) groups excluding carboxylic acids is 1. The van der Waals surface area contributed by atoms with Gasteiger partial charge in [-0.3, -0.25) is 4.79 Å². The fourth-order valence-corrected chi connectivity index (χ4v) is 2.62. The maximum absolute atomic E-state index is 10.6. The molecule has 0 atom stereocenters. The number of hydrogen-bond acceptors (Lipinski definition) is 3. The van der Waals surface area contributed by atoms with E-state index in [1.54, 1.807) is 0 Å². The lowest BCUT2D eigenvalue weighted by Gasteiger charge is -2.00. The molecule has 2 aromatic rings. The Kier molecular flexibility index (Phi) is 2.92. The van der Waals surface area contributed by atoms with Crippen LogP contribution in [0.4, 0.5) is 0 Å². The van der Waals surface area contributed by atoms with Gasteiger partial charge in [-0.25, -0.2) is 4.68 Å². The van der Waals surface area contributed by atoms with Crippen LogP contribution < -0.4 is 0 Å². The number of rotatable bonds is 3.